The Morgan fingerprint density at radius 2 is 2.25 bits per heavy atom. The van der Waals surface area contributed by atoms with Crippen LogP contribution < -0.4 is 10.1 Å². The lowest BCUT2D eigenvalue weighted by molar-refractivity contribution is -0.127. The van der Waals surface area contributed by atoms with Crippen LogP contribution in [-0.2, 0) is 18.4 Å². The second-order valence-corrected chi connectivity index (χ2v) is 4.67. The molecule has 0 spiro atoms. The van der Waals surface area contributed by atoms with Gasteiger partial charge in [-0.2, -0.15) is 0 Å². The van der Waals surface area contributed by atoms with E-state index in [-0.39, 0.29) is 5.91 Å². The minimum Gasteiger partial charge on any atom is -0.479 e. The third-order valence-corrected chi connectivity index (χ3v) is 3.05. The van der Waals surface area contributed by atoms with Gasteiger partial charge in [-0.15, -0.1) is 10.2 Å². The standard InChI is InChI=1S/C13H15ClN4O2/c1-9(20-11-6-4-3-5-10(11)14)13(19)15-7-12-17-16-8-18(12)2/h3-6,8-9H,7H2,1-2H3,(H,15,19). The summed E-state index contributed by atoms with van der Waals surface area (Å²) in [6.07, 6.45) is 0.925. The number of aryl methyl sites for hydroxylation is 1. The van der Waals surface area contributed by atoms with Gasteiger partial charge in [0.15, 0.2) is 11.9 Å². The van der Waals surface area contributed by atoms with Crippen molar-refractivity contribution in [2.24, 2.45) is 7.05 Å². The van der Waals surface area contributed by atoms with Gasteiger partial charge in [-0.05, 0) is 19.1 Å². The van der Waals surface area contributed by atoms with Gasteiger partial charge in [0.1, 0.15) is 12.1 Å². The fraction of sp³-hybridized carbons (Fsp3) is 0.308. The summed E-state index contributed by atoms with van der Waals surface area (Å²) in [7, 11) is 1.81. The molecule has 1 aromatic heterocycles. The lowest BCUT2D eigenvalue weighted by Crippen LogP contribution is -2.36. The van der Waals surface area contributed by atoms with Crippen LogP contribution in [0.15, 0.2) is 30.6 Å². The highest BCUT2D eigenvalue weighted by molar-refractivity contribution is 6.32. The van der Waals surface area contributed by atoms with E-state index in [0.29, 0.717) is 23.1 Å². The number of carbonyl (C=O) groups excluding carboxylic acids is 1. The van der Waals surface area contributed by atoms with Gasteiger partial charge in [0.05, 0.1) is 11.6 Å². The van der Waals surface area contributed by atoms with Gasteiger partial charge >= 0.3 is 0 Å². The SMILES string of the molecule is CC(Oc1ccccc1Cl)C(=O)NCc1nncn1C. The van der Waals surface area contributed by atoms with Gasteiger partial charge in [-0.25, -0.2) is 0 Å². The van der Waals surface area contributed by atoms with Crippen molar-refractivity contribution in [2.75, 3.05) is 0 Å². The van der Waals surface area contributed by atoms with E-state index < -0.39 is 6.10 Å². The zero-order chi connectivity index (χ0) is 14.5. The van der Waals surface area contributed by atoms with Crippen LogP contribution in [0.3, 0.4) is 0 Å². The summed E-state index contributed by atoms with van der Waals surface area (Å²) >= 11 is 5.97. The number of hydrogen-bond acceptors (Lipinski definition) is 4. The number of amides is 1. The molecule has 0 aliphatic carbocycles. The molecule has 0 fully saturated rings. The molecule has 0 radical (unpaired) electrons. The first-order valence-electron chi connectivity index (χ1n) is 6.09. The van der Waals surface area contributed by atoms with Crippen LogP contribution in [0, 0.1) is 0 Å². The molecule has 106 valence electrons. The summed E-state index contributed by atoms with van der Waals surface area (Å²) < 4.78 is 7.26. The van der Waals surface area contributed by atoms with Crippen molar-refractivity contribution >= 4 is 17.5 Å². The summed E-state index contributed by atoms with van der Waals surface area (Å²) in [5, 5.41) is 10.8. The predicted molar refractivity (Wildman–Crippen MR) is 74.4 cm³/mol. The van der Waals surface area contributed by atoms with Crippen molar-refractivity contribution in [2.45, 2.75) is 19.6 Å². The number of nitrogens with zero attached hydrogens (tertiary/aromatic N) is 3. The molecule has 1 N–H and O–H groups in total. The number of para-hydroxylation sites is 1. The minimum atomic E-state index is -0.650. The molecule has 0 aliphatic rings. The molecule has 1 unspecified atom stereocenters. The monoisotopic (exact) mass is 294 g/mol. The molecule has 7 heteroatoms. The molecular weight excluding hydrogens is 280 g/mol. The first kappa shape index (κ1) is 14.3. The molecule has 1 aromatic carbocycles. The van der Waals surface area contributed by atoms with Crippen LogP contribution in [0.25, 0.3) is 0 Å². The summed E-state index contributed by atoms with van der Waals surface area (Å²) in [5.41, 5.74) is 0. The average molecular weight is 295 g/mol. The fourth-order valence-corrected chi connectivity index (χ4v) is 1.74. The maximum Gasteiger partial charge on any atom is 0.261 e. The smallest absolute Gasteiger partial charge is 0.261 e. The molecule has 6 nitrogen and oxygen atoms in total. The Morgan fingerprint density at radius 1 is 1.50 bits per heavy atom. The van der Waals surface area contributed by atoms with Crippen molar-refractivity contribution in [3.8, 4) is 5.75 Å². The van der Waals surface area contributed by atoms with Crippen molar-refractivity contribution in [1.82, 2.24) is 20.1 Å². The largest absolute Gasteiger partial charge is 0.479 e. The van der Waals surface area contributed by atoms with E-state index in [1.54, 1.807) is 42.1 Å². The molecule has 1 heterocycles. The average Bonchev–Trinajstić information content (AvgIpc) is 2.84. The van der Waals surface area contributed by atoms with Crippen molar-refractivity contribution < 1.29 is 9.53 Å². The van der Waals surface area contributed by atoms with Crippen molar-refractivity contribution in [3.63, 3.8) is 0 Å². The number of rotatable bonds is 5. The summed E-state index contributed by atoms with van der Waals surface area (Å²) in [6.45, 7) is 1.96. The third-order valence-electron chi connectivity index (χ3n) is 2.74. The van der Waals surface area contributed by atoms with Crippen LogP contribution in [0.5, 0.6) is 5.75 Å². The summed E-state index contributed by atoms with van der Waals surface area (Å²) in [4.78, 5) is 11.9. The van der Waals surface area contributed by atoms with E-state index in [1.165, 1.54) is 0 Å². The van der Waals surface area contributed by atoms with Crippen LogP contribution in [0.1, 0.15) is 12.7 Å². The van der Waals surface area contributed by atoms with Crippen LogP contribution in [-0.4, -0.2) is 26.8 Å². The molecule has 20 heavy (non-hydrogen) atoms. The van der Waals surface area contributed by atoms with Crippen molar-refractivity contribution in [1.29, 1.82) is 0 Å². The lowest BCUT2D eigenvalue weighted by atomic mass is 10.3. The quantitative estimate of drug-likeness (QED) is 0.908. The predicted octanol–water partition coefficient (Wildman–Crippen LogP) is 1.55. The fourth-order valence-electron chi connectivity index (χ4n) is 1.56. The molecule has 1 amide bonds. The van der Waals surface area contributed by atoms with Gasteiger partial charge in [0, 0.05) is 7.05 Å². The maximum absolute atomic E-state index is 11.9. The van der Waals surface area contributed by atoms with E-state index in [4.69, 9.17) is 16.3 Å². The summed E-state index contributed by atoms with van der Waals surface area (Å²) in [5.74, 6) is 0.909. The molecule has 2 aromatic rings. The van der Waals surface area contributed by atoms with E-state index in [0.717, 1.165) is 0 Å². The van der Waals surface area contributed by atoms with Gasteiger partial charge in [-0.1, -0.05) is 23.7 Å². The Kier molecular flexibility index (Phi) is 4.57. The molecule has 1 atom stereocenters. The maximum atomic E-state index is 11.9. The van der Waals surface area contributed by atoms with Crippen LogP contribution >= 0.6 is 11.6 Å². The van der Waals surface area contributed by atoms with Gasteiger partial charge in [0.25, 0.3) is 5.91 Å². The van der Waals surface area contributed by atoms with E-state index in [1.807, 2.05) is 7.05 Å². The highest BCUT2D eigenvalue weighted by Gasteiger charge is 2.16. The van der Waals surface area contributed by atoms with E-state index in [9.17, 15) is 4.79 Å². The number of ether oxygens (including phenoxy) is 1. The second kappa shape index (κ2) is 6.38. The van der Waals surface area contributed by atoms with E-state index >= 15 is 0 Å². The third kappa shape index (κ3) is 3.48. The molecule has 2 rings (SSSR count). The highest BCUT2D eigenvalue weighted by atomic mass is 35.5. The lowest BCUT2D eigenvalue weighted by Gasteiger charge is -2.15. The Balaban J connectivity index is 1.89. The number of aromatic nitrogens is 3. The van der Waals surface area contributed by atoms with Gasteiger partial charge < -0.3 is 14.6 Å². The Bertz CT molecular complexity index is 600. The molecular formula is C13H15ClN4O2. The normalized spacial score (nSPS) is 11.9. The van der Waals surface area contributed by atoms with Gasteiger partial charge in [-0.3, -0.25) is 4.79 Å². The van der Waals surface area contributed by atoms with Crippen molar-refractivity contribution in [3.05, 3.63) is 41.4 Å². The Morgan fingerprint density at radius 3 is 2.90 bits per heavy atom. The van der Waals surface area contributed by atoms with E-state index in [2.05, 4.69) is 15.5 Å². The molecule has 0 saturated carbocycles. The molecule has 0 bridgehead atoms. The van der Waals surface area contributed by atoms with Crippen LogP contribution in [0.4, 0.5) is 0 Å². The number of nitrogens with one attached hydrogen (secondary N) is 1. The zero-order valence-electron chi connectivity index (χ0n) is 11.2. The minimum absolute atomic E-state index is 0.243. The highest BCUT2D eigenvalue weighted by Crippen LogP contribution is 2.24. The Labute approximate surface area is 121 Å². The Hall–Kier alpha value is -2.08. The van der Waals surface area contributed by atoms with Crippen LogP contribution in [0.2, 0.25) is 5.02 Å². The molecule has 0 saturated heterocycles. The zero-order valence-corrected chi connectivity index (χ0v) is 12.0. The summed E-state index contributed by atoms with van der Waals surface area (Å²) in [6, 6.07) is 7.02. The first-order chi connectivity index (χ1) is 9.58. The number of halogens is 1. The first-order valence-corrected chi connectivity index (χ1v) is 6.47. The molecule has 0 aliphatic heterocycles. The topological polar surface area (TPSA) is 69.0 Å². The number of carbonyl (C=O) groups is 1. The second-order valence-electron chi connectivity index (χ2n) is 4.27. The van der Waals surface area contributed by atoms with Gasteiger partial charge in [0.2, 0.25) is 0 Å². The number of benzene rings is 1. The number of hydrogen-bond donors (Lipinski definition) is 1.